The average Bonchev–Trinajstić information content (AvgIpc) is 3.00. The van der Waals surface area contributed by atoms with E-state index >= 15 is 0 Å². The zero-order chi connectivity index (χ0) is 21.7. The van der Waals surface area contributed by atoms with Crippen LogP contribution >= 0.6 is 47.3 Å². The Morgan fingerprint density at radius 1 is 1.30 bits per heavy atom. The van der Waals surface area contributed by atoms with E-state index in [1.165, 1.54) is 11.8 Å². The first-order valence-electron chi connectivity index (χ1n) is 9.10. The maximum absolute atomic E-state index is 13.1. The first-order valence-corrected chi connectivity index (χ1v) is 11.9. The van der Waals surface area contributed by atoms with Crippen LogP contribution in [-0.2, 0) is 4.79 Å². The predicted octanol–water partition coefficient (Wildman–Crippen LogP) is 6.43. The number of halogens is 1. The summed E-state index contributed by atoms with van der Waals surface area (Å²) in [6, 6.07) is 11.3. The fourth-order valence-corrected chi connectivity index (χ4v) is 4.83. The number of thioether (sulfide) groups is 2. The minimum absolute atomic E-state index is 0.163. The van der Waals surface area contributed by atoms with Crippen LogP contribution in [0, 0.1) is 0 Å². The smallest absolute Gasteiger partial charge is 0.270 e. The molecule has 0 bridgehead atoms. The van der Waals surface area contributed by atoms with Gasteiger partial charge >= 0.3 is 0 Å². The van der Waals surface area contributed by atoms with E-state index in [-0.39, 0.29) is 5.91 Å². The van der Waals surface area contributed by atoms with Crippen LogP contribution < -0.4 is 14.4 Å². The number of thiocarbonyl (C=S) groups is 1. The Morgan fingerprint density at radius 3 is 2.80 bits per heavy atom. The van der Waals surface area contributed by atoms with E-state index in [1.807, 2.05) is 37.4 Å². The molecule has 4 nitrogen and oxygen atoms in total. The highest BCUT2D eigenvalue weighted by Gasteiger charge is 2.33. The molecule has 1 heterocycles. The molecular formula is C22H20ClNO3S3. The molecule has 3 rings (SSSR count). The van der Waals surface area contributed by atoms with Crippen molar-refractivity contribution in [3.05, 3.63) is 64.5 Å². The van der Waals surface area contributed by atoms with Crippen LogP contribution in [0.2, 0.25) is 5.02 Å². The van der Waals surface area contributed by atoms with Gasteiger partial charge in [-0.3, -0.25) is 9.69 Å². The number of benzene rings is 2. The van der Waals surface area contributed by atoms with Gasteiger partial charge in [0.1, 0.15) is 6.61 Å². The van der Waals surface area contributed by atoms with Crippen molar-refractivity contribution in [1.29, 1.82) is 0 Å². The summed E-state index contributed by atoms with van der Waals surface area (Å²) in [5, 5.41) is 0.400. The highest BCUT2D eigenvalue weighted by molar-refractivity contribution is 8.27. The molecule has 2 aromatic rings. The maximum Gasteiger partial charge on any atom is 0.270 e. The summed E-state index contributed by atoms with van der Waals surface area (Å²) in [6.07, 6.45) is 5.40. The third-order valence-electron chi connectivity index (χ3n) is 4.08. The van der Waals surface area contributed by atoms with Gasteiger partial charge in [-0.05, 0) is 55.2 Å². The van der Waals surface area contributed by atoms with Crippen molar-refractivity contribution in [3.8, 4) is 11.5 Å². The van der Waals surface area contributed by atoms with Crippen molar-refractivity contribution >= 4 is 69.3 Å². The Labute approximate surface area is 195 Å². The number of carbonyl (C=O) groups excluding carboxylic acids is 1. The normalized spacial score (nSPS) is 15.0. The fraction of sp³-hybridized carbons (Fsp3) is 0.182. The molecule has 30 heavy (non-hydrogen) atoms. The third-order valence-corrected chi connectivity index (χ3v) is 6.39. The molecule has 1 amide bonds. The van der Waals surface area contributed by atoms with Crippen LogP contribution in [0.3, 0.4) is 0 Å². The number of amides is 1. The van der Waals surface area contributed by atoms with Gasteiger partial charge in [-0.25, -0.2) is 0 Å². The molecule has 2 aromatic carbocycles. The fourth-order valence-electron chi connectivity index (χ4n) is 2.81. The highest BCUT2D eigenvalue weighted by atomic mass is 35.5. The van der Waals surface area contributed by atoms with Crippen LogP contribution in [0.5, 0.6) is 11.5 Å². The van der Waals surface area contributed by atoms with Crippen molar-refractivity contribution < 1.29 is 14.3 Å². The van der Waals surface area contributed by atoms with Gasteiger partial charge in [-0.1, -0.05) is 54.3 Å². The van der Waals surface area contributed by atoms with Gasteiger partial charge in [0.15, 0.2) is 15.8 Å². The average molecular weight is 478 g/mol. The molecule has 0 spiro atoms. The summed E-state index contributed by atoms with van der Waals surface area (Å²) in [4.78, 5) is 16.2. The quantitative estimate of drug-likeness (QED) is 0.189. The monoisotopic (exact) mass is 477 g/mol. The first kappa shape index (κ1) is 22.7. The zero-order valence-corrected chi connectivity index (χ0v) is 19.7. The molecule has 0 unspecified atom stereocenters. The van der Waals surface area contributed by atoms with E-state index in [9.17, 15) is 4.79 Å². The molecular weight excluding hydrogens is 458 g/mol. The summed E-state index contributed by atoms with van der Waals surface area (Å²) in [5.41, 5.74) is 1.49. The SMILES string of the molecule is C=CCOc1c(Cl)cc(/C=C2/SC(=S)N(c3cccc(SC)c3)C2=O)cc1OCC. The second kappa shape index (κ2) is 10.4. The minimum Gasteiger partial charge on any atom is -0.490 e. The molecule has 156 valence electrons. The van der Waals surface area contributed by atoms with Gasteiger partial charge in [0.2, 0.25) is 0 Å². The Morgan fingerprint density at radius 2 is 2.10 bits per heavy atom. The minimum atomic E-state index is -0.163. The molecule has 1 saturated heterocycles. The van der Waals surface area contributed by atoms with E-state index in [0.29, 0.717) is 39.0 Å². The van der Waals surface area contributed by atoms with Crippen molar-refractivity contribution in [3.63, 3.8) is 0 Å². The van der Waals surface area contributed by atoms with Crippen LogP contribution in [-0.4, -0.2) is 29.7 Å². The van der Waals surface area contributed by atoms with Gasteiger partial charge in [-0.2, -0.15) is 0 Å². The van der Waals surface area contributed by atoms with Crippen LogP contribution in [0.15, 0.2) is 58.9 Å². The molecule has 0 aromatic heterocycles. The lowest BCUT2D eigenvalue weighted by molar-refractivity contribution is -0.113. The summed E-state index contributed by atoms with van der Waals surface area (Å²) in [5.74, 6) is 0.808. The Balaban J connectivity index is 1.94. The number of carbonyl (C=O) groups is 1. The van der Waals surface area contributed by atoms with Crippen LogP contribution in [0.4, 0.5) is 5.69 Å². The molecule has 1 aliphatic heterocycles. The van der Waals surface area contributed by atoms with E-state index < -0.39 is 0 Å². The molecule has 1 aliphatic rings. The summed E-state index contributed by atoms with van der Waals surface area (Å²) in [6.45, 7) is 6.30. The topological polar surface area (TPSA) is 38.8 Å². The number of hydrogen-bond acceptors (Lipinski definition) is 6. The largest absolute Gasteiger partial charge is 0.490 e. The summed E-state index contributed by atoms with van der Waals surface area (Å²) < 4.78 is 11.8. The van der Waals surface area contributed by atoms with Gasteiger partial charge < -0.3 is 9.47 Å². The third kappa shape index (κ3) is 5.03. The lowest BCUT2D eigenvalue weighted by atomic mass is 10.1. The van der Waals surface area contributed by atoms with E-state index in [0.717, 1.165) is 16.1 Å². The second-order valence-corrected chi connectivity index (χ2v) is 9.04. The Kier molecular flexibility index (Phi) is 7.88. The molecule has 0 saturated carbocycles. The summed E-state index contributed by atoms with van der Waals surface area (Å²) in [7, 11) is 0. The standard InChI is InChI=1S/C22H20ClNO3S3/c1-4-9-27-20-17(23)10-14(11-18(20)26-5-2)12-19-21(25)24(22(28)30-19)15-7-6-8-16(13-15)29-3/h4,6-8,10-13H,1,5,9H2,2-3H3/b19-12+. The van der Waals surface area contributed by atoms with Crippen molar-refractivity contribution in [1.82, 2.24) is 0 Å². The lowest BCUT2D eigenvalue weighted by Crippen LogP contribution is -2.27. The lowest BCUT2D eigenvalue weighted by Gasteiger charge is -2.15. The number of nitrogens with zero attached hydrogens (tertiary/aromatic N) is 1. The highest BCUT2D eigenvalue weighted by Crippen LogP contribution is 2.40. The van der Waals surface area contributed by atoms with Crippen LogP contribution in [0.1, 0.15) is 12.5 Å². The van der Waals surface area contributed by atoms with Gasteiger partial charge in [0.25, 0.3) is 5.91 Å². The first-order chi connectivity index (χ1) is 14.5. The van der Waals surface area contributed by atoms with E-state index in [2.05, 4.69) is 6.58 Å². The Hall–Kier alpha value is -1.93. The summed E-state index contributed by atoms with van der Waals surface area (Å²) >= 11 is 14.8. The number of anilines is 1. The number of ether oxygens (including phenoxy) is 2. The molecule has 8 heteroatoms. The maximum atomic E-state index is 13.1. The predicted molar refractivity (Wildman–Crippen MR) is 132 cm³/mol. The van der Waals surface area contributed by atoms with Crippen molar-refractivity contribution in [2.75, 3.05) is 24.4 Å². The zero-order valence-electron chi connectivity index (χ0n) is 16.5. The molecule has 1 fully saturated rings. The molecule has 0 radical (unpaired) electrons. The van der Waals surface area contributed by atoms with Gasteiger partial charge in [0.05, 0.1) is 22.2 Å². The molecule has 0 aliphatic carbocycles. The second-order valence-electron chi connectivity index (χ2n) is 6.08. The van der Waals surface area contributed by atoms with Crippen molar-refractivity contribution in [2.24, 2.45) is 0 Å². The van der Waals surface area contributed by atoms with Crippen LogP contribution in [0.25, 0.3) is 6.08 Å². The number of rotatable bonds is 8. The van der Waals surface area contributed by atoms with Gasteiger partial charge in [-0.15, -0.1) is 11.8 Å². The molecule has 0 N–H and O–H groups in total. The van der Waals surface area contributed by atoms with E-state index in [4.69, 9.17) is 33.3 Å². The van der Waals surface area contributed by atoms with Gasteiger partial charge in [0, 0.05) is 4.90 Å². The molecule has 0 atom stereocenters. The van der Waals surface area contributed by atoms with Crippen molar-refractivity contribution in [2.45, 2.75) is 11.8 Å². The Bertz CT molecular complexity index is 1020. The van der Waals surface area contributed by atoms with E-state index in [1.54, 1.807) is 40.9 Å². The number of hydrogen-bond donors (Lipinski definition) is 0.